The molecule has 0 radical (unpaired) electrons. The number of rotatable bonds is 11. The number of aliphatic hydroxyl groups excluding tert-OH is 1. The van der Waals surface area contributed by atoms with Gasteiger partial charge in [0.1, 0.15) is 17.6 Å². The second kappa shape index (κ2) is 13.5. The van der Waals surface area contributed by atoms with E-state index in [9.17, 15) is 10.6 Å². The third-order valence-corrected chi connectivity index (χ3v) is 13.7. The molecule has 2 unspecified atom stereocenters. The van der Waals surface area contributed by atoms with Crippen LogP contribution in [0, 0.1) is 0 Å². The Balaban J connectivity index is 1.74. The molecule has 1 heterocycles. The standard InChI is InChI=1S/C31H39N3O5SSi/c1-30(2,3)41(24-17-11-7-12-18-24,25-19-13-8-14-20-25)37-22-26-27(35)28(33-34-32)31(39-36-4,29(38-26)40-5)21-23-15-9-6-10-16-23/h6-20,26-29,35H,21-22H2,1-5H3/t26?,27-,28-,29-,31?/m0/s1. The third-order valence-electron chi connectivity index (χ3n) is 7.74. The number of azide groups is 1. The lowest BCUT2D eigenvalue weighted by atomic mass is 9.81. The second-order valence-electron chi connectivity index (χ2n) is 11.2. The first-order valence-electron chi connectivity index (χ1n) is 13.6. The maximum atomic E-state index is 11.8. The van der Waals surface area contributed by atoms with E-state index in [2.05, 4.69) is 55.1 Å². The van der Waals surface area contributed by atoms with Crippen LogP contribution >= 0.6 is 11.8 Å². The Morgan fingerprint density at radius 2 is 1.51 bits per heavy atom. The predicted molar refractivity (Wildman–Crippen MR) is 166 cm³/mol. The van der Waals surface area contributed by atoms with Crippen molar-refractivity contribution in [3.05, 3.63) is 107 Å². The van der Waals surface area contributed by atoms with Crippen LogP contribution < -0.4 is 10.4 Å². The quantitative estimate of drug-likeness (QED) is 0.0813. The van der Waals surface area contributed by atoms with Gasteiger partial charge < -0.3 is 14.3 Å². The number of nitrogens with zero attached hydrogens (tertiary/aromatic N) is 3. The molecule has 0 aromatic heterocycles. The lowest BCUT2D eigenvalue weighted by Crippen LogP contribution is -2.70. The molecule has 10 heteroatoms. The largest absolute Gasteiger partial charge is 0.405 e. The van der Waals surface area contributed by atoms with Gasteiger partial charge in [-0.2, -0.15) is 0 Å². The molecule has 1 N–H and O–H groups in total. The number of ether oxygens (including phenoxy) is 1. The summed E-state index contributed by atoms with van der Waals surface area (Å²) < 4.78 is 13.6. The van der Waals surface area contributed by atoms with Gasteiger partial charge in [-0.05, 0) is 32.8 Å². The smallest absolute Gasteiger partial charge is 0.261 e. The van der Waals surface area contributed by atoms with Gasteiger partial charge in [-0.1, -0.05) is 117 Å². The van der Waals surface area contributed by atoms with Crippen molar-refractivity contribution in [1.29, 1.82) is 0 Å². The molecule has 1 saturated heterocycles. The summed E-state index contributed by atoms with van der Waals surface area (Å²) in [6.45, 7) is 6.68. The highest BCUT2D eigenvalue weighted by atomic mass is 32.2. The fourth-order valence-corrected chi connectivity index (χ4v) is 11.4. The SMILES string of the molecule is COOC1(Cc2ccccc2)[C@H](SC)OC(CO[Si](c2ccccc2)(c2ccccc2)C(C)(C)C)[C@H](O)[C@@H]1N=[N+]=[N-]. The highest BCUT2D eigenvalue weighted by Crippen LogP contribution is 2.43. The molecule has 41 heavy (non-hydrogen) atoms. The van der Waals surface area contributed by atoms with Crippen LogP contribution in [0.4, 0.5) is 0 Å². The van der Waals surface area contributed by atoms with Gasteiger partial charge in [0.2, 0.25) is 0 Å². The molecule has 0 saturated carbocycles. The lowest BCUT2D eigenvalue weighted by molar-refractivity contribution is -0.382. The average Bonchev–Trinajstić information content (AvgIpc) is 2.97. The summed E-state index contributed by atoms with van der Waals surface area (Å²) >= 11 is 1.41. The van der Waals surface area contributed by atoms with Crippen LogP contribution in [0.25, 0.3) is 10.4 Å². The molecule has 1 aliphatic rings. The van der Waals surface area contributed by atoms with Gasteiger partial charge in [0.15, 0.2) is 5.60 Å². The van der Waals surface area contributed by atoms with Gasteiger partial charge in [0, 0.05) is 11.3 Å². The molecular formula is C31H39N3O5SSi. The number of aliphatic hydroxyl groups is 1. The summed E-state index contributed by atoms with van der Waals surface area (Å²) in [5.74, 6) is 0. The molecule has 1 aliphatic heterocycles. The van der Waals surface area contributed by atoms with Crippen molar-refractivity contribution in [3.8, 4) is 0 Å². The topological polar surface area (TPSA) is 106 Å². The fourth-order valence-electron chi connectivity index (χ4n) is 5.95. The van der Waals surface area contributed by atoms with Crippen LogP contribution in [0.15, 0.2) is 96.1 Å². The highest BCUT2D eigenvalue weighted by Gasteiger charge is 2.59. The summed E-state index contributed by atoms with van der Waals surface area (Å²) in [4.78, 5) is 14.2. The molecule has 5 atom stereocenters. The van der Waals surface area contributed by atoms with Gasteiger partial charge in [-0.3, -0.25) is 0 Å². The normalized spacial score (nSPS) is 24.9. The van der Waals surface area contributed by atoms with Gasteiger partial charge in [0.25, 0.3) is 8.32 Å². The molecular weight excluding hydrogens is 555 g/mol. The third kappa shape index (κ3) is 6.25. The molecule has 0 aliphatic carbocycles. The zero-order valence-corrected chi connectivity index (χ0v) is 26.0. The maximum absolute atomic E-state index is 11.8. The molecule has 1 fully saturated rings. The van der Waals surface area contributed by atoms with Crippen LogP contribution in [0.5, 0.6) is 0 Å². The van der Waals surface area contributed by atoms with Crippen LogP contribution in [-0.4, -0.2) is 62.7 Å². The first-order valence-corrected chi connectivity index (χ1v) is 16.8. The van der Waals surface area contributed by atoms with Gasteiger partial charge in [-0.15, -0.1) is 11.8 Å². The van der Waals surface area contributed by atoms with E-state index in [1.807, 2.05) is 73.0 Å². The van der Waals surface area contributed by atoms with E-state index in [1.54, 1.807) is 0 Å². The molecule has 3 aromatic rings. The van der Waals surface area contributed by atoms with Gasteiger partial charge in [-0.25, -0.2) is 9.78 Å². The van der Waals surface area contributed by atoms with E-state index < -0.39 is 37.6 Å². The van der Waals surface area contributed by atoms with Crippen LogP contribution in [-0.2, 0) is 25.4 Å². The summed E-state index contributed by atoms with van der Waals surface area (Å²) in [6, 6.07) is 29.3. The van der Waals surface area contributed by atoms with Crippen molar-refractivity contribution in [3.63, 3.8) is 0 Å². The van der Waals surface area contributed by atoms with Crippen molar-refractivity contribution in [2.24, 2.45) is 5.11 Å². The first-order chi connectivity index (χ1) is 19.7. The Morgan fingerprint density at radius 1 is 0.976 bits per heavy atom. The molecule has 8 nitrogen and oxygen atoms in total. The molecule has 0 bridgehead atoms. The first kappa shape index (κ1) is 31.3. The van der Waals surface area contributed by atoms with E-state index in [1.165, 1.54) is 18.9 Å². The number of benzene rings is 3. The van der Waals surface area contributed by atoms with E-state index in [0.717, 1.165) is 15.9 Å². The monoisotopic (exact) mass is 593 g/mol. The van der Waals surface area contributed by atoms with E-state index in [-0.39, 0.29) is 11.6 Å². The zero-order chi connectivity index (χ0) is 29.5. The van der Waals surface area contributed by atoms with Crippen molar-refractivity contribution in [1.82, 2.24) is 0 Å². The minimum atomic E-state index is -2.90. The number of thioether (sulfide) groups is 1. The second-order valence-corrected chi connectivity index (χ2v) is 16.4. The summed E-state index contributed by atoms with van der Waals surface area (Å²) in [6.07, 6.45) is 0.199. The van der Waals surface area contributed by atoms with E-state index >= 15 is 0 Å². The molecule has 4 rings (SSSR count). The van der Waals surface area contributed by atoms with Crippen molar-refractivity contribution >= 4 is 30.5 Å². The van der Waals surface area contributed by atoms with Crippen molar-refractivity contribution in [2.45, 2.75) is 61.5 Å². The molecule has 0 spiro atoms. The van der Waals surface area contributed by atoms with Crippen molar-refractivity contribution < 1.29 is 24.0 Å². The fraction of sp³-hybridized carbons (Fsp3) is 0.419. The Kier molecular flexibility index (Phi) is 10.3. The summed E-state index contributed by atoms with van der Waals surface area (Å²) in [5, 5.41) is 17.8. The summed E-state index contributed by atoms with van der Waals surface area (Å²) in [7, 11) is -1.50. The Hall–Kier alpha value is -2.66. The molecule has 0 amide bonds. The summed E-state index contributed by atoms with van der Waals surface area (Å²) in [5.41, 5.74) is 8.61. The molecule has 3 aromatic carbocycles. The average molecular weight is 594 g/mol. The van der Waals surface area contributed by atoms with Crippen LogP contribution in [0.3, 0.4) is 0 Å². The Labute approximate surface area is 247 Å². The predicted octanol–water partition coefficient (Wildman–Crippen LogP) is 5.25. The number of hydrogen-bond acceptors (Lipinski definition) is 7. The Morgan fingerprint density at radius 3 is 1.98 bits per heavy atom. The Bertz CT molecular complexity index is 1250. The zero-order valence-electron chi connectivity index (χ0n) is 24.2. The number of hydrogen-bond donors (Lipinski definition) is 1. The van der Waals surface area contributed by atoms with Gasteiger partial charge in [0.05, 0.1) is 19.8 Å². The maximum Gasteiger partial charge on any atom is 0.261 e. The molecule has 218 valence electrons. The van der Waals surface area contributed by atoms with E-state index in [4.69, 9.17) is 18.9 Å². The minimum Gasteiger partial charge on any atom is -0.405 e. The van der Waals surface area contributed by atoms with Crippen molar-refractivity contribution in [2.75, 3.05) is 20.0 Å². The van der Waals surface area contributed by atoms with Crippen LogP contribution in [0.1, 0.15) is 26.3 Å². The van der Waals surface area contributed by atoms with Crippen LogP contribution in [0.2, 0.25) is 5.04 Å². The lowest BCUT2D eigenvalue weighted by Gasteiger charge is -2.51. The van der Waals surface area contributed by atoms with E-state index in [0.29, 0.717) is 6.42 Å². The van der Waals surface area contributed by atoms with Gasteiger partial charge >= 0.3 is 0 Å². The highest BCUT2D eigenvalue weighted by molar-refractivity contribution is 7.99. The minimum absolute atomic E-state index is 0.0946.